The molecule has 12 nitrogen and oxygen atoms in total. The summed E-state index contributed by atoms with van der Waals surface area (Å²) in [6.45, 7) is 2.11. The molecule has 12 heteroatoms. The molecule has 1 unspecified atom stereocenters. The number of aliphatic hydroxyl groups excluding tert-OH is 1. The van der Waals surface area contributed by atoms with E-state index in [0.29, 0.717) is 12.8 Å². The summed E-state index contributed by atoms with van der Waals surface area (Å²) in [7, 11) is 3.41. The number of fused-ring (bicyclic) bond motifs is 3. The van der Waals surface area contributed by atoms with E-state index in [1.54, 1.807) is 12.1 Å². The highest BCUT2D eigenvalue weighted by Crippen LogP contribution is 2.51. The summed E-state index contributed by atoms with van der Waals surface area (Å²) in [4.78, 5) is 42.2. The minimum absolute atomic E-state index is 0.000863. The first-order valence-corrected chi connectivity index (χ1v) is 14.6. The zero-order valence-electron chi connectivity index (χ0n) is 24.1. The number of likely N-dealkylation sites (N-methyl/N-ethyl adjacent to an activating group) is 1. The smallest absolute Gasteiger partial charge is 0.202 e. The Morgan fingerprint density at radius 3 is 2.58 bits per heavy atom. The number of carbonyl (C=O) groups excluding carboxylic acids is 3. The summed E-state index contributed by atoms with van der Waals surface area (Å²) in [5.41, 5.74) is -0.347. The van der Waals surface area contributed by atoms with E-state index in [0.717, 1.165) is 19.6 Å². The topological polar surface area (TPSA) is 164 Å². The molecule has 2 aromatic carbocycles. The lowest BCUT2D eigenvalue weighted by atomic mass is 9.73. The minimum Gasteiger partial charge on any atom is -0.507 e. The van der Waals surface area contributed by atoms with Crippen LogP contribution in [-0.2, 0) is 25.4 Å². The summed E-state index contributed by atoms with van der Waals surface area (Å²) in [5.74, 6) is -3.32. The van der Waals surface area contributed by atoms with Crippen molar-refractivity contribution in [1.82, 2.24) is 10.2 Å². The lowest BCUT2D eigenvalue weighted by Gasteiger charge is -2.38. The van der Waals surface area contributed by atoms with Crippen molar-refractivity contribution in [3.63, 3.8) is 0 Å². The largest absolute Gasteiger partial charge is 0.507 e. The highest BCUT2D eigenvalue weighted by atomic mass is 16.7. The molecular formula is C31H36N2O10. The van der Waals surface area contributed by atoms with Crippen LogP contribution in [0.25, 0.3) is 0 Å². The molecule has 0 saturated carbocycles. The first kappa shape index (κ1) is 29.7. The molecule has 5 atom stereocenters. The van der Waals surface area contributed by atoms with Gasteiger partial charge in [-0.05, 0) is 32.4 Å². The van der Waals surface area contributed by atoms with Crippen molar-refractivity contribution in [2.24, 2.45) is 5.92 Å². The van der Waals surface area contributed by atoms with Gasteiger partial charge in [-0.1, -0.05) is 12.1 Å². The maximum atomic E-state index is 13.7. The normalized spacial score (nSPS) is 27.3. The van der Waals surface area contributed by atoms with Gasteiger partial charge in [0.25, 0.3) is 0 Å². The average molecular weight is 597 g/mol. The molecule has 2 fully saturated rings. The van der Waals surface area contributed by atoms with Gasteiger partial charge in [-0.2, -0.15) is 0 Å². The average Bonchev–Trinajstić information content (AvgIpc) is 3.01. The maximum Gasteiger partial charge on any atom is 0.202 e. The van der Waals surface area contributed by atoms with Gasteiger partial charge in [0.1, 0.15) is 30.1 Å². The van der Waals surface area contributed by atoms with Crippen molar-refractivity contribution in [2.45, 2.75) is 50.4 Å². The van der Waals surface area contributed by atoms with E-state index in [4.69, 9.17) is 18.9 Å². The Morgan fingerprint density at radius 1 is 1.09 bits per heavy atom. The van der Waals surface area contributed by atoms with Crippen LogP contribution in [0.15, 0.2) is 18.2 Å². The molecule has 230 valence electrons. The van der Waals surface area contributed by atoms with Crippen LogP contribution in [0.3, 0.4) is 0 Å². The number of aromatic hydroxyl groups is 2. The summed E-state index contributed by atoms with van der Waals surface area (Å²) in [6, 6.07) is 4.56. The van der Waals surface area contributed by atoms with Crippen molar-refractivity contribution in [3.05, 3.63) is 51.6 Å². The number of nitrogens with one attached hydrogen (secondary N) is 1. The van der Waals surface area contributed by atoms with Gasteiger partial charge in [-0.15, -0.1) is 0 Å². The Morgan fingerprint density at radius 2 is 1.88 bits per heavy atom. The summed E-state index contributed by atoms with van der Waals surface area (Å²) < 4.78 is 23.8. The highest BCUT2D eigenvalue weighted by molar-refractivity contribution is 6.31. The SMILES string of the molecule is COc1cccc2c1C(=O)c1c(O)c3c(c(O)c1C2=O)CC(C(=O)CO)C[C@@H]3O[C@H]1CC[C@H](O[C@@H]2CN(C)CCN2)CO1. The van der Waals surface area contributed by atoms with Gasteiger partial charge >= 0.3 is 0 Å². The highest BCUT2D eigenvalue weighted by Gasteiger charge is 2.44. The molecule has 0 radical (unpaired) electrons. The second kappa shape index (κ2) is 11.9. The van der Waals surface area contributed by atoms with Gasteiger partial charge < -0.3 is 39.2 Å². The third-order valence-corrected chi connectivity index (χ3v) is 8.85. The monoisotopic (exact) mass is 596 g/mol. The van der Waals surface area contributed by atoms with Gasteiger partial charge in [0, 0.05) is 48.7 Å². The quantitative estimate of drug-likeness (QED) is 0.291. The van der Waals surface area contributed by atoms with Crippen LogP contribution >= 0.6 is 0 Å². The first-order valence-electron chi connectivity index (χ1n) is 14.6. The molecule has 0 aromatic heterocycles. The second-order valence-electron chi connectivity index (χ2n) is 11.6. The summed E-state index contributed by atoms with van der Waals surface area (Å²) in [6.07, 6.45) is -0.759. The molecule has 2 aliphatic carbocycles. The molecule has 4 N–H and O–H groups in total. The van der Waals surface area contributed by atoms with Crippen LogP contribution in [0.4, 0.5) is 0 Å². The number of rotatable bonds is 7. The van der Waals surface area contributed by atoms with Crippen molar-refractivity contribution >= 4 is 17.3 Å². The third-order valence-electron chi connectivity index (χ3n) is 8.85. The summed E-state index contributed by atoms with van der Waals surface area (Å²) in [5, 5.41) is 36.0. The predicted molar refractivity (Wildman–Crippen MR) is 150 cm³/mol. The van der Waals surface area contributed by atoms with Gasteiger partial charge in [0.05, 0.1) is 42.6 Å². The number of nitrogens with zero attached hydrogens (tertiary/aromatic N) is 1. The predicted octanol–water partition coefficient (Wildman–Crippen LogP) is 1.45. The van der Waals surface area contributed by atoms with Crippen molar-refractivity contribution in [2.75, 3.05) is 47.0 Å². The Bertz CT molecular complexity index is 1450. The van der Waals surface area contributed by atoms with E-state index in [9.17, 15) is 29.7 Å². The van der Waals surface area contributed by atoms with Gasteiger partial charge in [-0.3, -0.25) is 19.7 Å². The molecule has 0 spiro atoms. The van der Waals surface area contributed by atoms with Crippen LogP contribution < -0.4 is 10.1 Å². The van der Waals surface area contributed by atoms with Crippen molar-refractivity contribution in [3.8, 4) is 17.2 Å². The van der Waals surface area contributed by atoms with Crippen molar-refractivity contribution < 1.29 is 48.7 Å². The van der Waals surface area contributed by atoms with Gasteiger partial charge in [0.2, 0.25) is 5.78 Å². The third kappa shape index (κ3) is 5.32. The van der Waals surface area contributed by atoms with E-state index in [2.05, 4.69) is 10.2 Å². The molecular weight excluding hydrogens is 560 g/mol. The number of carbonyl (C=O) groups is 3. The molecule has 0 bridgehead atoms. The number of benzene rings is 2. The fourth-order valence-electron chi connectivity index (χ4n) is 6.66. The second-order valence-corrected chi connectivity index (χ2v) is 11.6. The van der Waals surface area contributed by atoms with Crippen LogP contribution in [0.1, 0.15) is 68.3 Å². The molecule has 4 aliphatic rings. The Balaban J connectivity index is 1.30. The number of hydrogen-bond acceptors (Lipinski definition) is 12. The minimum atomic E-state index is -0.960. The molecule has 0 amide bonds. The van der Waals surface area contributed by atoms with E-state index >= 15 is 0 Å². The van der Waals surface area contributed by atoms with Crippen molar-refractivity contribution in [1.29, 1.82) is 0 Å². The molecule has 2 heterocycles. The number of aliphatic hydroxyl groups is 1. The zero-order valence-corrected chi connectivity index (χ0v) is 24.1. The van der Waals surface area contributed by atoms with E-state index < -0.39 is 53.8 Å². The van der Waals surface area contributed by atoms with E-state index in [-0.39, 0.29) is 70.9 Å². The van der Waals surface area contributed by atoms with Crippen LogP contribution in [-0.4, -0.2) is 103 Å². The Labute approximate surface area is 248 Å². The zero-order chi connectivity index (χ0) is 30.4. The number of ether oxygens (including phenoxy) is 4. The fourth-order valence-corrected chi connectivity index (χ4v) is 6.66. The maximum absolute atomic E-state index is 13.7. The molecule has 2 saturated heterocycles. The molecule has 43 heavy (non-hydrogen) atoms. The number of phenols is 2. The van der Waals surface area contributed by atoms with Gasteiger partial charge in [-0.25, -0.2) is 0 Å². The lowest BCUT2D eigenvalue weighted by Crippen LogP contribution is -2.52. The van der Waals surface area contributed by atoms with E-state index in [1.807, 2.05) is 7.05 Å². The number of piperazine rings is 1. The number of phenolic OH excluding ortho intramolecular Hbond substituents is 2. The molecule has 6 rings (SSSR count). The van der Waals surface area contributed by atoms with E-state index in [1.165, 1.54) is 13.2 Å². The Kier molecular flexibility index (Phi) is 8.24. The van der Waals surface area contributed by atoms with Crippen LogP contribution in [0, 0.1) is 5.92 Å². The number of hydrogen-bond donors (Lipinski definition) is 4. The number of ketones is 3. The van der Waals surface area contributed by atoms with Gasteiger partial charge in [0.15, 0.2) is 17.9 Å². The molecule has 2 aliphatic heterocycles. The Hall–Kier alpha value is -3.39. The molecule has 2 aromatic rings. The first-order chi connectivity index (χ1) is 20.7. The number of Topliss-reactive ketones (excluding diaryl/α,β-unsaturated/α-hetero) is 1. The fraction of sp³-hybridized carbons (Fsp3) is 0.516. The lowest BCUT2D eigenvalue weighted by molar-refractivity contribution is -0.227. The van der Waals surface area contributed by atoms with Crippen LogP contribution in [0.2, 0.25) is 0 Å². The summed E-state index contributed by atoms with van der Waals surface area (Å²) >= 11 is 0. The standard InChI is InChI=1S/C31H36N2O10/c1-33-9-8-32-22(12-33)42-16-6-7-23(41-14-16)43-21-11-15(19(35)13-34)10-18-25(21)31(39)27-26(29(18)37)28(36)17-4-3-5-20(40-2)24(17)30(27)38/h3-5,15-16,21-23,32,34,37,39H,6-14H2,1-2H3/t15?,16-,21-,22+,23-/m0/s1. The number of methoxy groups -OCH3 is 1. The van der Waals surface area contributed by atoms with Crippen LogP contribution in [0.5, 0.6) is 17.2 Å².